The van der Waals surface area contributed by atoms with Gasteiger partial charge in [-0.25, -0.2) is 4.79 Å². The molecule has 0 saturated heterocycles. The largest absolute Gasteiger partial charge is 0.456 e. The van der Waals surface area contributed by atoms with Gasteiger partial charge in [0.1, 0.15) is 5.60 Å². The molecule has 2 aliphatic carbocycles. The van der Waals surface area contributed by atoms with Crippen LogP contribution in [-0.4, -0.2) is 11.6 Å². The quantitative estimate of drug-likeness (QED) is 0.611. The monoisotopic (exact) mass is 202 g/mol. The number of hydrogen-bond acceptors (Lipinski definition) is 2. The third-order valence-corrected chi connectivity index (χ3v) is 2.19. The number of carbonyl (C=O) groups excluding carboxylic acids is 1. The molecule has 0 N–H and O–H groups in total. The number of fused-ring (bicyclic) bond motifs is 1. The Morgan fingerprint density at radius 2 is 1.93 bits per heavy atom. The average Bonchev–Trinajstić information content (AvgIpc) is 2.57. The average molecular weight is 202 g/mol. The molecule has 2 heteroatoms. The molecular formula is C13H14O2. The summed E-state index contributed by atoms with van der Waals surface area (Å²) in [5.74, 6) is -0.247. The van der Waals surface area contributed by atoms with E-state index in [1.165, 1.54) is 0 Å². The fourth-order valence-corrected chi connectivity index (χ4v) is 1.60. The van der Waals surface area contributed by atoms with Crippen molar-refractivity contribution in [3.8, 4) is 0 Å². The highest BCUT2D eigenvalue weighted by Crippen LogP contribution is 2.31. The van der Waals surface area contributed by atoms with Crippen LogP contribution in [0.25, 0.3) is 0 Å². The maximum atomic E-state index is 11.8. The van der Waals surface area contributed by atoms with Crippen molar-refractivity contribution in [2.75, 3.05) is 0 Å². The van der Waals surface area contributed by atoms with Gasteiger partial charge in [0.05, 0.1) is 5.57 Å². The molecule has 15 heavy (non-hydrogen) atoms. The highest BCUT2D eigenvalue weighted by Gasteiger charge is 2.24. The molecule has 0 amide bonds. The van der Waals surface area contributed by atoms with E-state index >= 15 is 0 Å². The number of allylic oxidation sites excluding steroid dienone is 6. The zero-order valence-corrected chi connectivity index (χ0v) is 9.20. The SMILES string of the molecule is CC(C)(C)OC(=O)C1=C2C=CC=C2C=C1. The Kier molecular flexibility index (Phi) is 2.14. The fourth-order valence-electron chi connectivity index (χ4n) is 1.60. The molecule has 0 aliphatic heterocycles. The van der Waals surface area contributed by atoms with Gasteiger partial charge >= 0.3 is 5.97 Å². The summed E-state index contributed by atoms with van der Waals surface area (Å²) in [4.78, 5) is 11.8. The number of ether oxygens (including phenoxy) is 1. The third-order valence-electron chi connectivity index (χ3n) is 2.19. The second-order valence-electron chi connectivity index (χ2n) is 4.64. The van der Waals surface area contributed by atoms with Crippen molar-refractivity contribution in [2.24, 2.45) is 0 Å². The van der Waals surface area contributed by atoms with E-state index < -0.39 is 5.60 Å². The summed E-state index contributed by atoms with van der Waals surface area (Å²) in [6, 6.07) is 0. The van der Waals surface area contributed by atoms with Gasteiger partial charge in [0, 0.05) is 0 Å². The highest BCUT2D eigenvalue weighted by molar-refractivity contribution is 5.97. The molecule has 2 nitrogen and oxygen atoms in total. The molecule has 0 aromatic heterocycles. The first-order valence-corrected chi connectivity index (χ1v) is 5.02. The summed E-state index contributed by atoms with van der Waals surface area (Å²) in [6.45, 7) is 5.61. The molecule has 0 unspecified atom stereocenters. The highest BCUT2D eigenvalue weighted by atomic mass is 16.6. The maximum absolute atomic E-state index is 11.8. The Balaban J connectivity index is 2.23. The second kappa shape index (κ2) is 3.23. The van der Waals surface area contributed by atoms with E-state index in [9.17, 15) is 4.79 Å². The first kappa shape index (κ1) is 9.97. The van der Waals surface area contributed by atoms with Crippen LogP contribution in [0.1, 0.15) is 20.8 Å². The summed E-state index contributed by atoms with van der Waals surface area (Å²) in [5.41, 5.74) is 2.29. The van der Waals surface area contributed by atoms with Crippen LogP contribution in [-0.2, 0) is 9.53 Å². The number of hydrogen-bond donors (Lipinski definition) is 0. The van der Waals surface area contributed by atoms with Gasteiger partial charge < -0.3 is 4.74 Å². The molecular weight excluding hydrogens is 188 g/mol. The Labute approximate surface area is 89.6 Å². The third kappa shape index (κ3) is 1.94. The molecule has 2 aliphatic rings. The summed E-state index contributed by atoms with van der Waals surface area (Å²) >= 11 is 0. The van der Waals surface area contributed by atoms with E-state index in [4.69, 9.17) is 4.74 Å². The van der Waals surface area contributed by atoms with Crippen LogP contribution in [0.15, 0.2) is 47.1 Å². The van der Waals surface area contributed by atoms with E-state index in [0.717, 1.165) is 11.1 Å². The summed E-state index contributed by atoms with van der Waals surface area (Å²) in [6.07, 6.45) is 9.63. The van der Waals surface area contributed by atoms with E-state index in [1.807, 2.05) is 51.2 Å². The standard InChI is InChI=1S/C13H14O2/c1-13(2,3)15-12(14)11-8-7-9-5-4-6-10(9)11/h4-8H,1-3H3. The van der Waals surface area contributed by atoms with Crippen LogP contribution >= 0.6 is 0 Å². The van der Waals surface area contributed by atoms with Crippen LogP contribution in [0.4, 0.5) is 0 Å². The van der Waals surface area contributed by atoms with Gasteiger partial charge in [-0.2, -0.15) is 0 Å². The Hall–Kier alpha value is -1.57. The Morgan fingerprint density at radius 3 is 2.60 bits per heavy atom. The van der Waals surface area contributed by atoms with E-state index in [0.29, 0.717) is 5.57 Å². The molecule has 0 atom stereocenters. The predicted octanol–water partition coefficient (Wildman–Crippen LogP) is 2.69. The van der Waals surface area contributed by atoms with Crippen LogP contribution < -0.4 is 0 Å². The molecule has 78 valence electrons. The van der Waals surface area contributed by atoms with Crippen LogP contribution in [0, 0.1) is 0 Å². The normalized spacial score (nSPS) is 18.2. The van der Waals surface area contributed by atoms with Gasteiger partial charge in [0.15, 0.2) is 0 Å². The lowest BCUT2D eigenvalue weighted by Gasteiger charge is -2.19. The smallest absolute Gasteiger partial charge is 0.339 e. The van der Waals surface area contributed by atoms with Gasteiger partial charge in [-0.05, 0) is 38.0 Å². The van der Waals surface area contributed by atoms with Gasteiger partial charge in [0.2, 0.25) is 0 Å². The molecule has 0 heterocycles. The summed E-state index contributed by atoms with van der Waals surface area (Å²) in [7, 11) is 0. The lowest BCUT2D eigenvalue weighted by molar-refractivity contribution is -0.149. The first-order chi connectivity index (χ1) is 6.97. The van der Waals surface area contributed by atoms with Gasteiger partial charge in [-0.15, -0.1) is 0 Å². The number of rotatable bonds is 1. The maximum Gasteiger partial charge on any atom is 0.339 e. The molecule has 0 radical (unpaired) electrons. The Bertz CT molecular complexity index is 426. The number of esters is 1. The van der Waals surface area contributed by atoms with Crippen LogP contribution in [0.3, 0.4) is 0 Å². The summed E-state index contributed by atoms with van der Waals surface area (Å²) < 4.78 is 5.32. The predicted molar refractivity (Wildman–Crippen MR) is 59.2 cm³/mol. The van der Waals surface area contributed by atoms with E-state index in [2.05, 4.69) is 0 Å². The van der Waals surface area contributed by atoms with Crippen molar-refractivity contribution in [2.45, 2.75) is 26.4 Å². The van der Waals surface area contributed by atoms with Gasteiger partial charge in [-0.3, -0.25) is 0 Å². The zero-order valence-electron chi connectivity index (χ0n) is 9.20. The fraction of sp³-hybridized carbons (Fsp3) is 0.308. The first-order valence-electron chi connectivity index (χ1n) is 5.02. The molecule has 0 aromatic carbocycles. The Morgan fingerprint density at radius 1 is 1.20 bits per heavy atom. The van der Waals surface area contributed by atoms with Crippen LogP contribution in [0.2, 0.25) is 0 Å². The number of carbonyl (C=O) groups is 1. The molecule has 2 rings (SSSR count). The molecule has 0 saturated carbocycles. The van der Waals surface area contributed by atoms with Gasteiger partial charge in [-0.1, -0.05) is 24.3 Å². The molecule has 0 spiro atoms. The minimum Gasteiger partial charge on any atom is -0.456 e. The van der Waals surface area contributed by atoms with E-state index in [-0.39, 0.29) is 5.97 Å². The zero-order chi connectivity index (χ0) is 11.1. The van der Waals surface area contributed by atoms with Crippen molar-refractivity contribution in [1.82, 2.24) is 0 Å². The molecule has 0 aromatic rings. The second-order valence-corrected chi connectivity index (χ2v) is 4.64. The molecule has 0 bridgehead atoms. The van der Waals surface area contributed by atoms with Crippen molar-refractivity contribution in [1.29, 1.82) is 0 Å². The van der Waals surface area contributed by atoms with E-state index in [1.54, 1.807) is 0 Å². The lowest BCUT2D eigenvalue weighted by Crippen LogP contribution is -2.24. The lowest BCUT2D eigenvalue weighted by atomic mass is 10.1. The van der Waals surface area contributed by atoms with Crippen molar-refractivity contribution in [3.05, 3.63) is 47.1 Å². The topological polar surface area (TPSA) is 26.3 Å². The van der Waals surface area contributed by atoms with Crippen LogP contribution in [0.5, 0.6) is 0 Å². The van der Waals surface area contributed by atoms with Crippen molar-refractivity contribution >= 4 is 5.97 Å². The summed E-state index contributed by atoms with van der Waals surface area (Å²) in [5, 5.41) is 0. The van der Waals surface area contributed by atoms with Crippen molar-refractivity contribution in [3.63, 3.8) is 0 Å². The van der Waals surface area contributed by atoms with Crippen molar-refractivity contribution < 1.29 is 9.53 Å². The minimum absolute atomic E-state index is 0.247. The minimum atomic E-state index is -0.437. The molecule has 0 fully saturated rings. The van der Waals surface area contributed by atoms with Gasteiger partial charge in [0.25, 0.3) is 0 Å².